The molecule has 0 fully saturated rings. The molecule has 4 rings (SSSR count). The second kappa shape index (κ2) is 7.63. The van der Waals surface area contributed by atoms with Crippen LogP contribution in [0, 0.1) is 0 Å². The van der Waals surface area contributed by atoms with Crippen LogP contribution in [-0.4, -0.2) is 41.5 Å². The predicted molar refractivity (Wildman–Crippen MR) is 114 cm³/mol. The summed E-state index contributed by atoms with van der Waals surface area (Å²) in [6.07, 6.45) is 0.812. The van der Waals surface area contributed by atoms with E-state index < -0.39 is 12.1 Å². The average Bonchev–Trinajstić information content (AvgIpc) is 3.26. The molecule has 2 aromatic rings. The van der Waals surface area contributed by atoms with Crippen LogP contribution in [0.2, 0.25) is 10.0 Å². The number of fused-ring (bicyclic) bond motifs is 2. The van der Waals surface area contributed by atoms with E-state index in [-0.39, 0.29) is 11.8 Å². The zero-order valence-electron chi connectivity index (χ0n) is 16.3. The highest BCUT2D eigenvalue weighted by molar-refractivity contribution is 6.35. The van der Waals surface area contributed by atoms with E-state index in [4.69, 9.17) is 23.2 Å². The Labute approximate surface area is 179 Å². The number of hydrogen-bond acceptors (Lipinski definition) is 3. The fourth-order valence-corrected chi connectivity index (χ4v) is 5.00. The van der Waals surface area contributed by atoms with Crippen molar-refractivity contribution in [2.45, 2.75) is 38.3 Å². The van der Waals surface area contributed by atoms with Crippen molar-refractivity contribution < 1.29 is 14.7 Å². The molecule has 7 heteroatoms. The fourth-order valence-electron chi connectivity index (χ4n) is 4.41. The predicted octanol–water partition coefficient (Wildman–Crippen LogP) is 4.02. The number of amides is 2. The molecule has 152 valence electrons. The Morgan fingerprint density at radius 2 is 2.00 bits per heavy atom. The summed E-state index contributed by atoms with van der Waals surface area (Å²) in [5.41, 5.74) is 4.01. The number of hydrogen-bond donors (Lipinski definition) is 1. The third-order valence-electron chi connectivity index (χ3n) is 5.85. The maximum Gasteiger partial charge on any atom is 0.254 e. The van der Waals surface area contributed by atoms with Crippen molar-refractivity contribution in [2.24, 2.45) is 0 Å². The SMILES string of the molecule is CCC(=O)N1CCc2cc(C(=O)N(C)C3c4cc(Cl)cc(Cl)c4CC3O)ccc21. The standard InChI is InChI=1S/C22H22Cl2N2O3/c1-3-20(28)26-7-6-12-8-13(4-5-18(12)26)22(29)25(2)21-16-9-14(23)10-17(24)15(16)11-19(21)27/h4-5,8-10,19,21,27H,3,6-7,11H2,1-2H3. The minimum absolute atomic E-state index is 0.0828. The van der Waals surface area contributed by atoms with Gasteiger partial charge in [-0.05, 0) is 53.4 Å². The van der Waals surface area contributed by atoms with Gasteiger partial charge in [-0.25, -0.2) is 0 Å². The van der Waals surface area contributed by atoms with Crippen molar-refractivity contribution in [3.8, 4) is 0 Å². The Morgan fingerprint density at radius 1 is 1.24 bits per heavy atom. The van der Waals surface area contributed by atoms with Crippen molar-refractivity contribution >= 4 is 40.7 Å². The van der Waals surface area contributed by atoms with Crippen molar-refractivity contribution in [3.63, 3.8) is 0 Å². The van der Waals surface area contributed by atoms with E-state index in [1.54, 1.807) is 35.0 Å². The summed E-state index contributed by atoms with van der Waals surface area (Å²) in [4.78, 5) is 28.6. The summed E-state index contributed by atoms with van der Waals surface area (Å²) >= 11 is 12.4. The maximum absolute atomic E-state index is 13.2. The summed E-state index contributed by atoms with van der Waals surface area (Å²) in [6.45, 7) is 2.48. The van der Waals surface area contributed by atoms with Crippen LogP contribution >= 0.6 is 23.2 Å². The third kappa shape index (κ3) is 3.41. The summed E-state index contributed by atoms with van der Waals surface area (Å²) in [6, 6.07) is 8.34. The Bertz CT molecular complexity index is 1010. The van der Waals surface area contributed by atoms with Gasteiger partial charge in [-0.1, -0.05) is 30.1 Å². The first-order chi connectivity index (χ1) is 13.8. The van der Waals surface area contributed by atoms with E-state index in [2.05, 4.69) is 0 Å². The van der Waals surface area contributed by atoms with Gasteiger partial charge in [0.15, 0.2) is 0 Å². The molecule has 1 N–H and O–H groups in total. The smallest absolute Gasteiger partial charge is 0.254 e. The molecule has 1 heterocycles. The van der Waals surface area contributed by atoms with Crippen LogP contribution in [0.5, 0.6) is 0 Å². The molecule has 2 aliphatic rings. The molecule has 0 bridgehead atoms. The second-order valence-corrected chi connectivity index (χ2v) is 8.42. The van der Waals surface area contributed by atoms with Gasteiger partial charge in [0.1, 0.15) is 0 Å². The maximum atomic E-state index is 13.2. The first-order valence-electron chi connectivity index (χ1n) is 9.68. The number of aliphatic hydroxyl groups is 1. The molecular weight excluding hydrogens is 411 g/mol. The molecule has 2 unspecified atom stereocenters. The first kappa shape index (κ1) is 20.2. The van der Waals surface area contributed by atoms with Crippen LogP contribution in [0.3, 0.4) is 0 Å². The lowest BCUT2D eigenvalue weighted by molar-refractivity contribution is -0.118. The number of carbonyl (C=O) groups is 2. The monoisotopic (exact) mass is 432 g/mol. The normalized spacial score (nSPS) is 19.8. The highest BCUT2D eigenvalue weighted by Gasteiger charge is 2.38. The molecule has 1 aliphatic heterocycles. The van der Waals surface area contributed by atoms with E-state index in [0.717, 1.165) is 28.8 Å². The molecule has 2 amide bonds. The summed E-state index contributed by atoms with van der Waals surface area (Å²) < 4.78 is 0. The van der Waals surface area contributed by atoms with Crippen LogP contribution in [-0.2, 0) is 17.6 Å². The molecule has 0 saturated heterocycles. The fraction of sp³-hybridized carbons (Fsp3) is 0.364. The molecule has 2 aromatic carbocycles. The topological polar surface area (TPSA) is 60.9 Å². The van der Waals surface area contributed by atoms with E-state index in [1.165, 1.54) is 0 Å². The third-order valence-corrected chi connectivity index (χ3v) is 6.41. The van der Waals surface area contributed by atoms with Crippen LogP contribution < -0.4 is 4.90 Å². The van der Waals surface area contributed by atoms with E-state index in [9.17, 15) is 14.7 Å². The lowest BCUT2D eigenvalue weighted by Crippen LogP contribution is -2.36. The summed E-state index contributed by atoms with van der Waals surface area (Å²) in [5, 5.41) is 11.6. The highest BCUT2D eigenvalue weighted by Crippen LogP contribution is 2.41. The molecule has 0 spiro atoms. The molecular formula is C22H22Cl2N2O3. The number of anilines is 1. The summed E-state index contributed by atoms with van der Waals surface area (Å²) in [5.74, 6) is -0.111. The van der Waals surface area contributed by atoms with E-state index >= 15 is 0 Å². The number of likely N-dealkylation sites (N-methyl/N-ethyl adjacent to an activating group) is 1. The molecule has 0 aromatic heterocycles. The number of aliphatic hydroxyl groups excluding tert-OH is 1. The number of halogens is 2. The van der Waals surface area contributed by atoms with Gasteiger partial charge in [0.2, 0.25) is 5.91 Å². The van der Waals surface area contributed by atoms with E-state index in [0.29, 0.717) is 35.0 Å². The Balaban J connectivity index is 1.63. The number of benzene rings is 2. The molecule has 5 nitrogen and oxygen atoms in total. The van der Waals surface area contributed by atoms with Gasteiger partial charge >= 0.3 is 0 Å². The minimum Gasteiger partial charge on any atom is -0.390 e. The molecule has 0 radical (unpaired) electrons. The quantitative estimate of drug-likeness (QED) is 0.796. The second-order valence-electron chi connectivity index (χ2n) is 7.58. The van der Waals surface area contributed by atoms with Crippen molar-refractivity contribution in [1.29, 1.82) is 0 Å². The highest BCUT2D eigenvalue weighted by atomic mass is 35.5. The molecule has 1 aliphatic carbocycles. The lowest BCUT2D eigenvalue weighted by atomic mass is 10.0. The minimum atomic E-state index is -0.748. The first-order valence-corrected chi connectivity index (χ1v) is 10.4. The van der Waals surface area contributed by atoms with Gasteiger partial charge in [0.25, 0.3) is 5.91 Å². The zero-order valence-corrected chi connectivity index (χ0v) is 17.8. The van der Waals surface area contributed by atoms with E-state index in [1.807, 2.05) is 19.1 Å². The van der Waals surface area contributed by atoms with Crippen LogP contribution in [0.1, 0.15) is 46.4 Å². The van der Waals surface area contributed by atoms with Gasteiger partial charge in [-0.15, -0.1) is 0 Å². The van der Waals surface area contributed by atoms with Crippen molar-refractivity contribution in [3.05, 3.63) is 62.6 Å². The van der Waals surface area contributed by atoms with Gasteiger partial charge in [-0.2, -0.15) is 0 Å². The Morgan fingerprint density at radius 3 is 2.72 bits per heavy atom. The summed E-state index contributed by atoms with van der Waals surface area (Å²) in [7, 11) is 1.68. The molecule has 2 atom stereocenters. The zero-order chi connectivity index (χ0) is 20.9. The molecule has 29 heavy (non-hydrogen) atoms. The van der Waals surface area contributed by atoms with Gasteiger partial charge in [0.05, 0.1) is 12.1 Å². The van der Waals surface area contributed by atoms with Crippen LogP contribution in [0.15, 0.2) is 30.3 Å². The largest absolute Gasteiger partial charge is 0.390 e. The van der Waals surface area contributed by atoms with Gasteiger partial charge < -0.3 is 14.9 Å². The number of rotatable bonds is 3. The number of nitrogens with zero attached hydrogens (tertiary/aromatic N) is 2. The Kier molecular flexibility index (Phi) is 5.32. The average molecular weight is 433 g/mol. The van der Waals surface area contributed by atoms with Crippen molar-refractivity contribution in [2.75, 3.05) is 18.5 Å². The van der Waals surface area contributed by atoms with Gasteiger partial charge in [0, 0.05) is 47.7 Å². The molecule has 0 saturated carbocycles. The lowest BCUT2D eigenvalue weighted by Gasteiger charge is -2.28. The number of carbonyl (C=O) groups excluding carboxylic acids is 2. The Hall–Kier alpha value is -2.08. The van der Waals surface area contributed by atoms with Crippen LogP contribution in [0.4, 0.5) is 5.69 Å². The van der Waals surface area contributed by atoms with Crippen molar-refractivity contribution in [1.82, 2.24) is 4.90 Å². The van der Waals surface area contributed by atoms with Gasteiger partial charge in [-0.3, -0.25) is 9.59 Å². The van der Waals surface area contributed by atoms with Crippen LogP contribution in [0.25, 0.3) is 0 Å².